The predicted octanol–water partition coefficient (Wildman–Crippen LogP) is 2.00. The first-order chi connectivity index (χ1) is 12.2. The zero-order chi connectivity index (χ0) is 17.2. The molecular weight excluding hydrogens is 336 g/mol. The molecule has 2 aliphatic rings. The Hall–Kier alpha value is -2.41. The van der Waals surface area contributed by atoms with Crippen molar-refractivity contribution in [1.29, 1.82) is 0 Å². The standard InChI is InChI=1S/C18H20N4O2S/c23-16(19-13-6-7-13)17-20-15(12-25-17)18(24)22-10-8-21(9-11-22)14-4-2-1-3-5-14/h1-5,12-13H,6-11H2,(H,19,23). The van der Waals surface area contributed by atoms with Crippen molar-refractivity contribution in [2.45, 2.75) is 18.9 Å². The van der Waals surface area contributed by atoms with Crippen molar-refractivity contribution < 1.29 is 9.59 Å². The topological polar surface area (TPSA) is 65.5 Å². The van der Waals surface area contributed by atoms with Crippen LogP contribution in [0.4, 0.5) is 5.69 Å². The smallest absolute Gasteiger partial charge is 0.280 e. The molecule has 2 heterocycles. The molecule has 2 fully saturated rings. The van der Waals surface area contributed by atoms with Crippen molar-refractivity contribution in [3.8, 4) is 0 Å². The summed E-state index contributed by atoms with van der Waals surface area (Å²) < 4.78 is 0. The number of para-hydroxylation sites is 1. The molecule has 2 amide bonds. The second-order valence-electron chi connectivity index (χ2n) is 6.40. The maximum atomic E-state index is 12.6. The van der Waals surface area contributed by atoms with Gasteiger partial charge in [-0.15, -0.1) is 11.3 Å². The van der Waals surface area contributed by atoms with E-state index in [9.17, 15) is 9.59 Å². The van der Waals surface area contributed by atoms with Gasteiger partial charge in [0.2, 0.25) is 0 Å². The number of benzene rings is 1. The lowest BCUT2D eigenvalue weighted by molar-refractivity contribution is 0.0741. The van der Waals surface area contributed by atoms with Gasteiger partial charge in [-0.05, 0) is 25.0 Å². The first-order valence-corrected chi connectivity index (χ1v) is 9.44. The number of nitrogens with one attached hydrogen (secondary N) is 1. The van der Waals surface area contributed by atoms with E-state index in [0.717, 1.165) is 25.9 Å². The summed E-state index contributed by atoms with van der Waals surface area (Å²) >= 11 is 1.24. The fourth-order valence-corrected chi connectivity index (χ4v) is 3.61. The van der Waals surface area contributed by atoms with E-state index in [2.05, 4.69) is 27.3 Å². The first kappa shape index (κ1) is 16.1. The number of nitrogens with zero attached hydrogens (tertiary/aromatic N) is 3. The lowest BCUT2D eigenvalue weighted by Gasteiger charge is -2.35. The highest BCUT2D eigenvalue weighted by atomic mass is 32.1. The van der Waals surface area contributed by atoms with E-state index in [4.69, 9.17) is 0 Å². The van der Waals surface area contributed by atoms with Gasteiger partial charge in [0, 0.05) is 43.3 Å². The summed E-state index contributed by atoms with van der Waals surface area (Å²) in [6, 6.07) is 10.5. The van der Waals surface area contributed by atoms with Crippen molar-refractivity contribution in [3.05, 3.63) is 46.4 Å². The van der Waals surface area contributed by atoms with Gasteiger partial charge in [0.15, 0.2) is 5.01 Å². The largest absolute Gasteiger partial charge is 0.368 e. The first-order valence-electron chi connectivity index (χ1n) is 8.56. The third-order valence-electron chi connectivity index (χ3n) is 4.52. The molecule has 0 radical (unpaired) electrons. The molecule has 4 rings (SSSR count). The lowest BCUT2D eigenvalue weighted by Crippen LogP contribution is -2.48. The Bertz CT molecular complexity index is 764. The minimum atomic E-state index is -0.166. The quantitative estimate of drug-likeness (QED) is 0.910. The van der Waals surface area contributed by atoms with Gasteiger partial charge in [-0.2, -0.15) is 0 Å². The van der Waals surface area contributed by atoms with Gasteiger partial charge in [0.25, 0.3) is 11.8 Å². The van der Waals surface area contributed by atoms with Crippen molar-refractivity contribution in [2.24, 2.45) is 0 Å². The number of rotatable bonds is 4. The highest BCUT2D eigenvalue weighted by Gasteiger charge is 2.27. The Kier molecular flexibility index (Phi) is 4.40. The van der Waals surface area contributed by atoms with Crippen LogP contribution in [0.3, 0.4) is 0 Å². The number of carbonyl (C=O) groups is 2. The van der Waals surface area contributed by atoms with Crippen LogP contribution in [-0.2, 0) is 0 Å². The summed E-state index contributed by atoms with van der Waals surface area (Å²) in [5.41, 5.74) is 1.56. The number of hydrogen-bond acceptors (Lipinski definition) is 5. The van der Waals surface area contributed by atoms with Crippen LogP contribution in [-0.4, -0.2) is 53.9 Å². The van der Waals surface area contributed by atoms with Gasteiger partial charge in [-0.3, -0.25) is 9.59 Å². The minimum absolute atomic E-state index is 0.0885. The molecule has 1 saturated carbocycles. The maximum Gasteiger partial charge on any atom is 0.280 e. The summed E-state index contributed by atoms with van der Waals surface area (Å²) in [5, 5.41) is 4.96. The fraction of sp³-hybridized carbons (Fsp3) is 0.389. The molecule has 2 aromatic rings. The third kappa shape index (κ3) is 3.66. The Morgan fingerprint density at radius 1 is 1.08 bits per heavy atom. The molecule has 25 heavy (non-hydrogen) atoms. The highest BCUT2D eigenvalue weighted by molar-refractivity contribution is 7.11. The monoisotopic (exact) mass is 356 g/mol. The molecule has 1 aromatic carbocycles. The normalized spacial score (nSPS) is 17.4. The molecule has 0 atom stereocenters. The number of carbonyl (C=O) groups excluding carboxylic acids is 2. The molecule has 1 aliphatic carbocycles. The average Bonchev–Trinajstić information content (AvgIpc) is 3.33. The predicted molar refractivity (Wildman–Crippen MR) is 97.2 cm³/mol. The van der Waals surface area contributed by atoms with Crippen molar-refractivity contribution in [1.82, 2.24) is 15.2 Å². The van der Waals surface area contributed by atoms with Gasteiger partial charge in [-0.1, -0.05) is 18.2 Å². The molecule has 6 nitrogen and oxygen atoms in total. The van der Waals surface area contributed by atoms with Crippen LogP contribution in [0.25, 0.3) is 0 Å². The zero-order valence-corrected chi connectivity index (χ0v) is 14.7. The second kappa shape index (κ2) is 6.84. The van der Waals surface area contributed by atoms with Crippen LogP contribution in [0, 0.1) is 0 Å². The summed E-state index contributed by atoms with van der Waals surface area (Å²) in [4.78, 5) is 33.0. The summed E-state index contributed by atoms with van der Waals surface area (Å²) in [6.45, 7) is 2.92. The Morgan fingerprint density at radius 2 is 1.80 bits per heavy atom. The molecule has 0 unspecified atom stereocenters. The van der Waals surface area contributed by atoms with E-state index >= 15 is 0 Å². The number of anilines is 1. The van der Waals surface area contributed by atoms with Crippen molar-refractivity contribution in [2.75, 3.05) is 31.1 Å². The number of thiazole rings is 1. The molecule has 0 spiro atoms. The summed E-state index contributed by atoms with van der Waals surface area (Å²) in [5.74, 6) is -0.255. The molecule has 1 aromatic heterocycles. The fourth-order valence-electron chi connectivity index (χ4n) is 2.92. The summed E-state index contributed by atoms with van der Waals surface area (Å²) in [6.07, 6.45) is 2.07. The maximum absolute atomic E-state index is 12.6. The van der Waals surface area contributed by atoms with Crippen molar-refractivity contribution in [3.63, 3.8) is 0 Å². The van der Waals surface area contributed by atoms with Gasteiger partial charge in [0.05, 0.1) is 0 Å². The number of hydrogen-bond donors (Lipinski definition) is 1. The van der Waals surface area contributed by atoms with Gasteiger partial charge >= 0.3 is 0 Å². The zero-order valence-electron chi connectivity index (χ0n) is 13.9. The Morgan fingerprint density at radius 3 is 2.48 bits per heavy atom. The molecule has 1 N–H and O–H groups in total. The van der Waals surface area contributed by atoms with E-state index in [1.807, 2.05) is 23.1 Å². The van der Waals surface area contributed by atoms with E-state index in [1.165, 1.54) is 17.0 Å². The van der Waals surface area contributed by atoms with E-state index in [0.29, 0.717) is 29.8 Å². The van der Waals surface area contributed by atoms with Crippen LogP contribution in [0.5, 0.6) is 0 Å². The van der Waals surface area contributed by atoms with Crippen LogP contribution in [0.2, 0.25) is 0 Å². The molecule has 1 saturated heterocycles. The van der Waals surface area contributed by atoms with Crippen LogP contribution >= 0.6 is 11.3 Å². The van der Waals surface area contributed by atoms with Gasteiger partial charge in [0.1, 0.15) is 5.69 Å². The third-order valence-corrected chi connectivity index (χ3v) is 5.36. The molecule has 1 aliphatic heterocycles. The van der Waals surface area contributed by atoms with E-state index in [1.54, 1.807) is 5.38 Å². The SMILES string of the molecule is O=C(NC1CC1)c1nc(C(=O)N2CCN(c3ccccc3)CC2)cs1. The molecule has 0 bridgehead atoms. The van der Waals surface area contributed by atoms with Crippen molar-refractivity contribution >= 4 is 28.8 Å². The Labute approximate surface area is 150 Å². The number of aromatic nitrogens is 1. The van der Waals surface area contributed by atoms with Crippen LogP contribution in [0.1, 0.15) is 33.1 Å². The lowest BCUT2D eigenvalue weighted by atomic mass is 10.2. The minimum Gasteiger partial charge on any atom is -0.368 e. The molecule has 130 valence electrons. The van der Waals surface area contributed by atoms with E-state index in [-0.39, 0.29) is 11.8 Å². The average molecular weight is 356 g/mol. The number of piperazine rings is 1. The Balaban J connectivity index is 1.36. The van der Waals surface area contributed by atoms with Crippen LogP contribution < -0.4 is 10.2 Å². The highest BCUT2D eigenvalue weighted by Crippen LogP contribution is 2.21. The van der Waals surface area contributed by atoms with Crippen LogP contribution in [0.15, 0.2) is 35.7 Å². The van der Waals surface area contributed by atoms with Gasteiger partial charge < -0.3 is 15.1 Å². The second-order valence-corrected chi connectivity index (χ2v) is 7.26. The molecular formula is C18H20N4O2S. The number of amides is 2. The van der Waals surface area contributed by atoms with Gasteiger partial charge in [-0.25, -0.2) is 4.98 Å². The van der Waals surface area contributed by atoms with E-state index < -0.39 is 0 Å². The summed E-state index contributed by atoms with van der Waals surface area (Å²) in [7, 11) is 0. The molecule has 7 heteroatoms.